The highest BCUT2D eigenvalue weighted by Crippen LogP contribution is 2.28. The first-order chi connectivity index (χ1) is 16.0. The Labute approximate surface area is 196 Å². The first-order valence-corrected chi connectivity index (χ1v) is 13.2. The van der Waals surface area contributed by atoms with Gasteiger partial charge in [-0.05, 0) is 81.0 Å². The number of hydrogen-bond donors (Lipinski definition) is 1. The van der Waals surface area contributed by atoms with Crippen LogP contribution in [0.15, 0.2) is 47.4 Å². The second kappa shape index (κ2) is 10.5. The Bertz CT molecular complexity index is 1050. The van der Waals surface area contributed by atoms with Gasteiger partial charge in [-0.3, -0.25) is 9.52 Å². The maximum atomic E-state index is 13.2. The molecule has 7 nitrogen and oxygen atoms in total. The summed E-state index contributed by atoms with van der Waals surface area (Å²) in [5.41, 5.74) is 0.701. The molecule has 1 heterocycles. The summed E-state index contributed by atoms with van der Waals surface area (Å²) >= 11 is 0. The molecule has 0 spiro atoms. The topological polar surface area (TPSA) is 84.9 Å². The van der Waals surface area contributed by atoms with E-state index in [2.05, 4.69) is 4.72 Å². The molecule has 4 rings (SSSR count). The number of carbonyl (C=O) groups excluding carboxylic acids is 1. The first kappa shape index (κ1) is 23.4. The fourth-order valence-corrected chi connectivity index (χ4v) is 5.56. The van der Waals surface area contributed by atoms with Gasteiger partial charge in [0.2, 0.25) is 0 Å². The van der Waals surface area contributed by atoms with Gasteiger partial charge in [0, 0.05) is 18.8 Å². The van der Waals surface area contributed by atoms with E-state index in [9.17, 15) is 13.2 Å². The molecule has 1 amide bonds. The molecule has 1 aliphatic heterocycles. The lowest BCUT2D eigenvalue weighted by molar-refractivity contribution is 0.0758. The predicted molar refractivity (Wildman–Crippen MR) is 128 cm³/mol. The van der Waals surface area contributed by atoms with Gasteiger partial charge in [-0.1, -0.05) is 12.8 Å². The number of nitrogens with zero attached hydrogens (tertiary/aromatic N) is 1. The van der Waals surface area contributed by atoms with Crippen molar-refractivity contribution < 1.29 is 22.7 Å². The van der Waals surface area contributed by atoms with Gasteiger partial charge in [0.1, 0.15) is 11.5 Å². The van der Waals surface area contributed by atoms with Crippen LogP contribution in [0.25, 0.3) is 0 Å². The van der Waals surface area contributed by atoms with E-state index < -0.39 is 10.0 Å². The molecule has 0 radical (unpaired) electrons. The lowest BCUT2D eigenvalue weighted by Crippen LogP contribution is -2.32. The van der Waals surface area contributed by atoms with Crippen molar-refractivity contribution in [3.8, 4) is 11.5 Å². The number of nitrogens with one attached hydrogen (secondary N) is 1. The Morgan fingerprint density at radius 3 is 2.24 bits per heavy atom. The molecule has 1 aliphatic carbocycles. The Balaban J connectivity index is 1.51. The molecule has 0 aromatic heterocycles. The van der Waals surface area contributed by atoms with E-state index in [1.54, 1.807) is 29.2 Å². The average Bonchev–Trinajstić information content (AvgIpc) is 3.18. The molecule has 1 saturated heterocycles. The summed E-state index contributed by atoms with van der Waals surface area (Å²) in [6.07, 6.45) is 8.84. The summed E-state index contributed by atoms with van der Waals surface area (Å²) < 4.78 is 40.0. The number of rotatable bonds is 7. The molecule has 33 heavy (non-hydrogen) atoms. The van der Waals surface area contributed by atoms with Crippen molar-refractivity contribution in [1.29, 1.82) is 0 Å². The molecule has 0 unspecified atom stereocenters. The van der Waals surface area contributed by atoms with Crippen molar-refractivity contribution >= 4 is 21.6 Å². The van der Waals surface area contributed by atoms with Crippen LogP contribution in [-0.4, -0.2) is 45.5 Å². The van der Waals surface area contributed by atoms with Crippen LogP contribution in [0.2, 0.25) is 0 Å². The van der Waals surface area contributed by atoms with Crippen LogP contribution in [-0.2, 0) is 10.0 Å². The highest BCUT2D eigenvalue weighted by atomic mass is 32.2. The molecule has 2 aromatic carbocycles. The van der Waals surface area contributed by atoms with Gasteiger partial charge in [0.15, 0.2) is 0 Å². The van der Waals surface area contributed by atoms with Crippen LogP contribution in [0.4, 0.5) is 5.69 Å². The molecule has 0 atom stereocenters. The minimum atomic E-state index is -3.88. The van der Waals surface area contributed by atoms with Gasteiger partial charge >= 0.3 is 0 Å². The Kier molecular flexibility index (Phi) is 7.42. The van der Waals surface area contributed by atoms with Crippen LogP contribution in [0.3, 0.4) is 0 Å². The largest absolute Gasteiger partial charge is 0.496 e. The summed E-state index contributed by atoms with van der Waals surface area (Å²) in [6.45, 7) is 1.35. The van der Waals surface area contributed by atoms with Gasteiger partial charge in [0.05, 0.1) is 23.7 Å². The highest BCUT2D eigenvalue weighted by molar-refractivity contribution is 7.92. The molecule has 2 fully saturated rings. The van der Waals surface area contributed by atoms with Gasteiger partial charge in [-0.25, -0.2) is 8.42 Å². The number of amides is 1. The number of sulfonamides is 1. The molecular weight excluding hydrogens is 440 g/mol. The predicted octanol–water partition coefficient (Wildman–Crippen LogP) is 4.83. The zero-order valence-corrected chi connectivity index (χ0v) is 19.9. The smallest absolute Gasteiger partial charge is 0.261 e. The maximum Gasteiger partial charge on any atom is 0.261 e. The molecular formula is C25H32N2O5S. The van der Waals surface area contributed by atoms with Crippen LogP contribution in [0, 0.1) is 0 Å². The lowest BCUT2D eigenvalue weighted by atomic mass is 10.1. The number of likely N-dealkylation sites (tertiary alicyclic amines) is 1. The van der Waals surface area contributed by atoms with Crippen molar-refractivity contribution in [3.63, 3.8) is 0 Å². The Hall–Kier alpha value is -2.74. The normalized spacial score (nSPS) is 17.4. The summed E-state index contributed by atoms with van der Waals surface area (Å²) in [4.78, 5) is 15.0. The summed E-state index contributed by atoms with van der Waals surface area (Å²) in [7, 11) is -2.40. The van der Waals surface area contributed by atoms with Crippen molar-refractivity contribution in [2.45, 2.75) is 62.4 Å². The SMILES string of the molecule is COc1ccc(S(=O)(=O)Nc2ccc(OC3CCCC3)cc2)cc1C(=O)N1CCCCCC1. The fraction of sp³-hybridized carbons (Fsp3) is 0.480. The average molecular weight is 473 g/mol. The number of methoxy groups -OCH3 is 1. The number of carbonyl (C=O) groups is 1. The molecule has 8 heteroatoms. The second-order valence-corrected chi connectivity index (χ2v) is 10.4. The van der Waals surface area contributed by atoms with Gasteiger partial charge in [0.25, 0.3) is 15.9 Å². The molecule has 0 bridgehead atoms. The first-order valence-electron chi connectivity index (χ1n) is 11.7. The molecule has 1 saturated carbocycles. The van der Waals surface area contributed by atoms with Crippen molar-refractivity contribution in [2.75, 3.05) is 24.9 Å². The standard InChI is InChI=1S/C25H32N2O5S/c1-31-24-15-14-22(18-23(24)25(28)27-16-6-2-3-7-17-27)33(29,30)26-19-10-12-21(13-11-19)32-20-8-4-5-9-20/h10-15,18,20,26H,2-9,16-17H2,1H3. The van der Waals surface area contributed by atoms with E-state index in [1.165, 1.54) is 38.2 Å². The molecule has 2 aromatic rings. The second-order valence-electron chi connectivity index (χ2n) is 8.72. The van der Waals surface area contributed by atoms with Crippen molar-refractivity contribution in [3.05, 3.63) is 48.0 Å². The Morgan fingerprint density at radius 1 is 0.939 bits per heavy atom. The van der Waals surface area contributed by atoms with Crippen LogP contribution in [0.5, 0.6) is 11.5 Å². The summed E-state index contributed by atoms with van der Waals surface area (Å²) in [6, 6.07) is 11.3. The lowest BCUT2D eigenvalue weighted by Gasteiger charge is -2.22. The van der Waals surface area contributed by atoms with Gasteiger partial charge in [-0.2, -0.15) is 0 Å². The fourth-order valence-electron chi connectivity index (χ4n) is 4.48. The third kappa shape index (κ3) is 5.79. The minimum absolute atomic E-state index is 0.0211. The third-order valence-electron chi connectivity index (χ3n) is 6.32. The zero-order chi connectivity index (χ0) is 23.3. The van der Waals surface area contributed by atoms with Gasteiger partial charge in [-0.15, -0.1) is 0 Å². The van der Waals surface area contributed by atoms with Crippen LogP contribution < -0.4 is 14.2 Å². The zero-order valence-electron chi connectivity index (χ0n) is 19.1. The van der Waals surface area contributed by atoms with Gasteiger partial charge < -0.3 is 14.4 Å². The highest BCUT2D eigenvalue weighted by Gasteiger charge is 2.24. The molecule has 2 aliphatic rings. The van der Waals surface area contributed by atoms with E-state index in [1.807, 2.05) is 0 Å². The monoisotopic (exact) mass is 472 g/mol. The number of anilines is 1. The van der Waals surface area contributed by atoms with Crippen LogP contribution >= 0.6 is 0 Å². The number of hydrogen-bond acceptors (Lipinski definition) is 5. The third-order valence-corrected chi connectivity index (χ3v) is 7.70. The van der Waals surface area contributed by atoms with E-state index >= 15 is 0 Å². The maximum absolute atomic E-state index is 13.2. The van der Waals surface area contributed by atoms with E-state index in [0.717, 1.165) is 44.3 Å². The quantitative estimate of drug-likeness (QED) is 0.624. The molecule has 178 valence electrons. The number of benzene rings is 2. The summed E-state index contributed by atoms with van der Waals surface area (Å²) in [5, 5.41) is 0. The van der Waals surface area contributed by atoms with E-state index in [4.69, 9.17) is 9.47 Å². The van der Waals surface area contributed by atoms with E-state index in [0.29, 0.717) is 24.5 Å². The van der Waals surface area contributed by atoms with Crippen LogP contribution in [0.1, 0.15) is 61.7 Å². The van der Waals surface area contributed by atoms with E-state index in [-0.39, 0.29) is 22.5 Å². The minimum Gasteiger partial charge on any atom is -0.496 e. The van der Waals surface area contributed by atoms with Crippen molar-refractivity contribution in [2.24, 2.45) is 0 Å². The molecule has 1 N–H and O–H groups in total. The Morgan fingerprint density at radius 2 is 1.61 bits per heavy atom. The summed E-state index contributed by atoms with van der Waals surface area (Å²) in [5.74, 6) is 0.912. The van der Waals surface area contributed by atoms with Crippen molar-refractivity contribution in [1.82, 2.24) is 4.90 Å². The number of ether oxygens (including phenoxy) is 2.